The number of nitrogens with one attached hydrogen (secondary N) is 1. The molecule has 0 bridgehead atoms. The maximum atomic E-state index is 12.3. The highest BCUT2D eigenvalue weighted by molar-refractivity contribution is 8.00. The fourth-order valence-corrected chi connectivity index (χ4v) is 3.37. The van der Waals surface area contributed by atoms with Gasteiger partial charge in [-0.2, -0.15) is 0 Å². The van der Waals surface area contributed by atoms with Gasteiger partial charge in [-0.05, 0) is 26.8 Å². The molecule has 1 unspecified atom stereocenters. The first-order chi connectivity index (χ1) is 10.1. The molecule has 0 aromatic rings. The van der Waals surface area contributed by atoms with Gasteiger partial charge in [-0.15, -0.1) is 11.8 Å². The van der Waals surface area contributed by atoms with Crippen LogP contribution in [0, 0.1) is 5.92 Å². The monoisotopic (exact) mass is 326 g/mol. The van der Waals surface area contributed by atoms with Gasteiger partial charge >= 0.3 is 5.97 Å². The number of rotatable bonds is 3. The van der Waals surface area contributed by atoms with Crippen LogP contribution in [0.4, 0.5) is 0 Å². The molecule has 0 aliphatic carbocycles. The lowest BCUT2D eigenvalue weighted by atomic mass is 10.0. The quantitative estimate of drug-likeness (QED) is 0.624. The van der Waals surface area contributed by atoms with Crippen molar-refractivity contribution in [1.82, 2.24) is 10.2 Å². The van der Waals surface area contributed by atoms with Crippen molar-refractivity contribution in [3.8, 4) is 0 Å². The molecule has 6 nitrogen and oxygen atoms in total. The molecule has 0 saturated carbocycles. The fraction of sp³-hybridized carbons (Fsp3) is 0.667. The van der Waals surface area contributed by atoms with Crippen molar-refractivity contribution in [2.45, 2.75) is 51.6 Å². The van der Waals surface area contributed by atoms with Crippen LogP contribution >= 0.6 is 11.8 Å². The first kappa shape index (κ1) is 16.9. The molecule has 22 heavy (non-hydrogen) atoms. The summed E-state index contributed by atoms with van der Waals surface area (Å²) in [5.74, 6) is -0.497. The van der Waals surface area contributed by atoms with Gasteiger partial charge in [0.05, 0.1) is 0 Å². The van der Waals surface area contributed by atoms with E-state index in [1.54, 1.807) is 40.7 Å². The summed E-state index contributed by atoms with van der Waals surface area (Å²) >= 11 is 1.52. The highest BCUT2D eigenvalue weighted by atomic mass is 32.2. The topological polar surface area (TPSA) is 75.7 Å². The molecule has 0 aromatic carbocycles. The summed E-state index contributed by atoms with van der Waals surface area (Å²) < 4.78 is 5.34. The lowest BCUT2D eigenvalue weighted by Gasteiger charge is -2.48. The van der Waals surface area contributed by atoms with Crippen LogP contribution in [-0.2, 0) is 19.1 Å². The zero-order chi connectivity index (χ0) is 16.7. The number of β-lactam (4-membered cyclic amide) rings is 1. The Morgan fingerprint density at radius 1 is 1.41 bits per heavy atom. The number of hydrogen-bond acceptors (Lipinski definition) is 5. The van der Waals surface area contributed by atoms with Crippen molar-refractivity contribution in [3.05, 3.63) is 11.8 Å². The number of nitrogens with zero attached hydrogens (tertiary/aromatic N) is 1. The van der Waals surface area contributed by atoms with Gasteiger partial charge in [0.1, 0.15) is 22.7 Å². The summed E-state index contributed by atoms with van der Waals surface area (Å²) in [6, 6.07) is -0.564. The Morgan fingerprint density at radius 3 is 2.59 bits per heavy atom. The third-order valence-corrected chi connectivity index (χ3v) is 4.46. The van der Waals surface area contributed by atoms with E-state index in [9.17, 15) is 14.4 Å². The second kappa shape index (κ2) is 5.95. The van der Waals surface area contributed by atoms with Crippen LogP contribution in [0.3, 0.4) is 0 Å². The third-order valence-electron chi connectivity index (χ3n) is 3.28. The Hall–Kier alpha value is -1.50. The average Bonchev–Trinajstić information content (AvgIpc) is 2.41. The highest BCUT2D eigenvalue weighted by Gasteiger charge is 2.53. The Balaban J connectivity index is 2.08. The van der Waals surface area contributed by atoms with Crippen LogP contribution < -0.4 is 5.32 Å². The predicted octanol–water partition coefficient (Wildman–Crippen LogP) is 1.27. The fourth-order valence-electron chi connectivity index (χ4n) is 2.18. The number of thioether (sulfide) groups is 1. The Bertz CT molecular complexity index is 536. The van der Waals surface area contributed by atoms with Crippen LogP contribution in [0.25, 0.3) is 0 Å². The molecule has 2 rings (SSSR count). The van der Waals surface area contributed by atoms with Gasteiger partial charge in [0, 0.05) is 11.7 Å². The lowest BCUT2D eigenvalue weighted by molar-refractivity contribution is -0.159. The van der Waals surface area contributed by atoms with Gasteiger partial charge in [-0.1, -0.05) is 13.8 Å². The molecule has 7 heteroatoms. The molecule has 2 amide bonds. The normalized spacial score (nSPS) is 24.4. The molecular formula is C15H22N2O4S. The van der Waals surface area contributed by atoms with Gasteiger partial charge in [0.15, 0.2) is 0 Å². The first-order valence-electron chi connectivity index (χ1n) is 7.30. The second-order valence-corrected chi connectivity index (χ2v) is 7.81. The van der Waals surface area contributed by atoms with Crippen molar-refractivity contribution in [1.29, 1.82) is 0 Å². The van der Waals surface area contributed by atoms with Crippen LogP contribution in [-0.4, -0.2) is 45.5 Å². The van der Waals surface area contributed by atoms with E-state index in [4.69, 9.17) is 4.74 Å². The van der Waals surface area contributed by atoms with Gasteiger partial charge in [-0.3, -0.25) is 14.5 Å². The number of hydrogen-bond donors (Lipinski definition) is 1. The molecule has 2 aliphatic heterocycles. The molecule has 1 N–H and O–H groups in total. The number of carbonyl (C=O) groups excluding carboxylic acids is 3. The van der Waals surface area contributed by atoms with Crippen LogP contribution in [0.2, 0.25) is 0 Å². The minimum Gasteiger partial charge on any atom is -0.455 e. The summed E-state index contributed by atoms with van der Waals surface area (Å²) in [7, 11) is 0. The molecule has 0 spiro atoms. The largest absolute Gasteiger partial charge is 0.455 e. The molecular weight excluding hydrogens is 304 g/mol. The molecule has 1 fully saturated rings. The van der Waals surface area contributed by atoms with Crippen LogP contribution in [0.15, 0.2) is 11.8 Å². The molecule has 2 heterocycles. The zero-order valence-corrected chi connectivity index (χ0v) is 14.3. The van der Waals surface area contributed by atoms with Crippen molar-refractivity contribution in [2.24, 2.45) is 5.92 Å². The van der Waals surface area contributed by atoms with Gasteiger partial charge in [-0.25, -0.2) is 4.79 Å². The van der Waals surface area contributed by atoms with E-state index in [0.29, 0.717) is 5.75 Å². The lowest BCUT2D eigenvalue weighted by Crippen LogP contribution is -2.70. The minimum absolute atomic E-state index is 0.160. The Labute approximate surface area is 134 Å². The van der Waals surface area contributed by atoms with E-state index in [2.05, 4.69) is 5.32 Å². The maximum Gasteiger partial charge on any atom is 0.355 e. The minimum atomic E-state index is -0.614. The molecule has 1 saturated heterocycles. The molecule has 0 radical (unpaired) electrons. The van der Waals surface area contributed by atoms with Crippen molar-refractivity contribution < 1.29 is 19.1 Å². The van der Waals surface area contributed by atoms with Crippen molar-refractivity contribution in [2.75, 3.05) is 5.75 Å². The van der Waals surface area contributed by atoms with E-state index in [0.717, 1.165) is 0 Å². The van der Waals surface area contributed by atoms with E-state index in [1.807, 2.05) is 0 Å². The number of esters is 1. The number of fused-ring (bicyclic) bond motifs is 1. The van der Waals surface area contributed by atoms with Crippen LogP contribution in [0.1, 0.15) is 34.6 Å². The number of ether oxygens (including phenoxy) is 1. The maximum absolute atomic E-state index is 12.3. The predicted molar refractivity (Wildman–Crippen MR) is 83.8 cm³/mol. The van der Waals surface area contributed by atoms with Crippen molar-refractivity contribution in [3.63, 3.8) is 0 Å². The standard InChI is InChI=1S/C15H22N2O4S/c1-8(2)11(18)16-10-12(19)17-9(6-7-22-13(10)17)14(20)21-15(3,4)5/h6,8,10,13H,7H2,1-5H3,(H,16,18)/t10?,13-/m1/s1. The Morgan fingerprint density at radius 2 is 2.05 bits per heavy atom. The summed E-state index contributed by atoms with van der Waals surface area (Å²) in [6.45, 7) is 8.89. The van der Waals surface area contributed by atoms with Gasteiger partial charge in [0.2, 0.25) is 5.91 Å². The van der Waals surface area contributed by atoms with Gasteiger partial charge < -0.3 is 10.1 Å². The molecule has 2 atom stereocenters. The number of carbonyl (C=O) groups is 3. The van der Waals surface area contributed by atoms with Crippen molar-refractivity contribution >= 4 is 29.5 Å². The van der Waals surface area contributed by atoms with E-state index >= 15 is 0 Å². The van der Waals surface area contributed by atoms with Crippen LogP contribution in [0.5, 0.6) is 0 Å². The molecule has 122 valence electrons. The van der Waals surface area contributed by atoms with E-state index in [1.165, 1.54) is 16.7 Å². The third kappa shape index (κ3) is 3.29. The summed E-state index contributed by atoms with van der Waals surface area (Å²) in [6.07, 6.45) is 1.70. The summed E-state index contributed by atoms with van der Waals surface area (Å²) in [5, 5.41) is 2.51. The van der Waals surface area contributed by atoms with Gasteiger partial charge in [0.25, 0.3) is 5.91 Å². The summed E-state index contributed by atoms with van der Waals surface area (Å²) in [4.78, 5) is 37.7. The van der Waals surface area contributed by atoms with E-state index < -0.39 is 17.6 Å². The molecule has 2 aliphatic rings. The smallest absolute Gasteiger partial charge is 0.355 e. The second-order valence-electron chi connectivity index (χ2n) is 6.66. The first-order valence-corrected chi connectivity index (χ1v) is 8.35. The Kier molecular flexibility index (Phi) is 4.56. The SMILES string of the molecule is CC(C)C(=O)NC1C(=O)N2C(C(=O)OC(C)(C)C)=CCS[C@H]12. The molecule has 0 aromatic heterocycles. The zero-order valence-electron chi connectivity index (χ0n) is 13.5. The highest BCUT2D eigenvalue weighted by Crippen LogP contribution is 2.38. The summed E-state index contributed by atoms with van der Waals surface area (Å²) in [5.41, 5.74) is -0.337. The van der Waals surface area contributed by atoms with E-state index in [-0.39, 0.29) is 28.8 Å². The average molecular weight is 326 g/mol. The number of amides is 2.